The molecule has 6 heteroatoms. The summed E-state index contributed by atoms with van der Waals surface area (Å²) < 4.78 is 5.15. The van der Waals surface area contributed by atoms with Crippen molar-refractivity contribution < 1.29 is 19.4 Å². The van der Waals surface area contributed by atoms with E-state index in [1.165, 1.54) is 6.21 Å². The number of nitrogens with one attached hydrogen (secondary N) is 1. The number of nitrogens with zero attached hydrogens (tertiary/aromatic N) is 1. The smallest absolute Gasteiger partial charge is 0.341 e. The minimum atomic E-state index is -1.07. The molecule has 0 saturated carbocycles. The highest BCUT2D eigenvalue weighted by Gasteiger charge is 2.05. The van der Waals surface area contributed by atoms with Gasteiger partial charge >= 0.3 is 5.97 Å². The van der Waals surface area contributed by atoms with Gasteiger partial charge < -0.3 is 9.84 Å². The number of carbonyl (C=O) groups is 2. The molecule has 0 aromatic heterocycles. The second-order valence-electron chi connectivity index (χ2n) is 4.79. The maximum absolute atomic E-state index is 12.0. The zero-order valence-electron chi connectivity index (χ0n) is 12.5. The van der Waals surface area contributed by atoms with Crippen molar-refractivity contribution in [2.75, 3.05) is 6.61 Å². The van der Waals surface area contributed by atoms with Gasteiger partial charge in [0.05, 0.1) is 6.21 Å². The molecule has 0 aliphatic heterocycles. The van der Waals surface area contributed by atoms with Crippen LogP contribution in [0.25, 0.3) is 0 Å². The Labute approximate surface area is 133 Å². The van der Waals surface area contributed by atoms with Gasteiger partial charge in [0.2, 0.25) is 0 Å². The predicted octanol–water partition coefficient (Wildman–Crippen LogP) is 2.22. The van der Waals surface area contributed by atoms with Crippen molar-refractivity contribution in [2.24, 2.45) is 5.10 Å². The first kappa shape index (κ1) is 16.2. The van der Waals surface area contributed by atoms with Gasteiger partial charge in [0.25, 0.3) is 5.91 Å². The van der Waals surface area contributed by atoms with Crippen LogP contribution in [0.1, 0.15) is 21.5 Å². The van der Waals surface area contributed by atoms with Crippen molar-refractivity contribution >= 4 is 18.1 Å². The lowest BCUT2D eigenvalue weighted by atomic mass is 10.1. The third-order valence-corrected chi connectivity index (χ3v) is 2.92. The number of ether oxygens (including phenoxy) is 1. The zero-order valence-corrected chi connectivity index (χ0v) is 12.5. The number of hydrogen-bond donors (Lipinski definition) is 2. The second-order valence-corrected chi connectivity index (χ2v) is 4.79. The molecule has 0 radical (unpaired) electrons. The number of para-hydroxylation sites is 1. The van der Waals surface area contributed by atoms with E-state index in [0.717, 1.165) is 5.56 Å². The molecular formula is C17H16N2O4. The Morgan fingerprint density at radius 3 is 2.74 bits per heavy atom. The number of aliphatic carboxylic acids is 1. The molecule has 1 amide bonds. The first-order valence-corrected chi connectivity index (χ1v) is 6.90. The number of rotatable bonds is 6. The van der Waals surface area contributed by atoms with Crippen LogP contribution in [-0.4, -0.2) is 29.8 Å². The Kier molecular flexibility index (Phi) is 5.46. The van der Waals surface area contributed by atoms with Gasteiger partial charge in [-0.25, -0.2) is 10.2 Å². The summed E-state index contributed by atoms with van der Waals surface area (Å²) in [5, 5.41) is 12.5. The lowest BCUT2D eigenvalue weighted by Gasteiger charge is -2.06. The van der Waals surface area contributed by atoms with E-state index in [4.69, 9.17) is 9.84 Å². The van der Waals surface area contributed by atoms with Crippen LogP contribution in [0.4, 0.5) is 0 Å². The van der Waals surface area contributed by atoms with E-state index in [-0.39, 0.29) is 5.91 Å². The van der Waals surface area contributed by atoms with Gasteiger partial charge in [0.15, 0.2) is 6.61 Å². The summed E-state index contributed by atoms with van der Waals surface area (Å²) >= 11 is 0. The van der Waals surface area contributed by atoms with Gasteiger partial charge in [-0.15, -0.1) is 0 Å². The molecule has 6 nitrogen and oxygen atoms in total. The van der Waals surface area contributed by atoms with Crippen LogP contribution < -0.4 is 10.2 Å². The Morgan fingerprint density at radius 1 is 1.22 bits per heavy atom. The second kappa shape index (κ2) is 7.74. The summed E-state index contributed by atoms with van der Waals surface area (Å²) in [5.74, 6) is -1.01. The number of amides is 1. The van der Waals surface area contributed by atoms with Gasteiger partial charge in [-0.05, 0) is 31.2 Å². The Balaban J connectivity index is 2.03. The van der Waals surface area contributed by atoms with E-state index in [1.54, 1.807) is 42.5 Å². The normalized spacial score (nSPS) is 10.5. The monoisotopic (exact) mass is 312 g/mol. The largest absolute Gasteiger partial charge is 0.481 e. The van der Waals surface area contributed by atoms with E-state index in [9.17, 15) is 9.59 Å². The van der Waals surface area contributed by atoms with E-state index in [0.29, 0.717) is 16.9 Å². The lowest BCUT2D eigenvalue weighted by Crippen LogP contribution is -2.17. The first-order valence-electron chi connectivity index (χ1n) is 6.90. The van der Waals surface area contributed by atoms with Crippen molar-refractivity contribution in [3.63, 3.8) is 0 Å². The molecule has 2 rings (SSSR count). The highest BCUT2D eigenvalue weighted by atomic mass is 16.5. The molecule has 2 aromatic rings. The van der Waals surface area contributed by atoms with Crippen molar-refractivity contribution in [1.29, 1.82) is 0 Å². The fraction of sp³-hybridized carbons (Fsp3) is 0.118. The van der Waals surface area contributed by atoms with Crippen molar-refractivity contribution in [3.05, 3.63) is 65.2 Å². The summed E-state index contributed by atoms with van der Waals surface area (Å²) in [6.45, 7) is 1.45. The predicted molar refractivity (Wildman–Crippen MR) is 85.8 cm³/mol. The lowest BCUT2D eigenvalue weighted by molar-refractivity contribution is -0.139. The van der Waals surface area contributed by atoms with Crippen molar-refractivity contribution in [3.8, 4) is 5.75 Å². The molecule has 0 unspecified atom stereocenters. The molecule has 0 bridgehead atoms. The van der Waals surface area contributed by atoms with Crippen LogP contribution in [0.2, 0.25) is 0 Å². The summed E-state index contributed by atoms with van der Waals surface area (Å²) in [5.41, 5.74) is 4.49. The van der Waals surface area contributed by atoms with Gasteiger partial charge in [-0.3, -0.25) is 4.79 Å². The molecule has 0 spiro atoms. The van der Waals surface area contributed by atoms with Crippen LogP contribution in [0.5, 0.6) is 5.75 Å². The molecular weight excluding hydrogens is 296 g/mol. The van der Waals surface area contributed by atoms with E-state index < -0.39 is 12.6 Å². The van der Waals surface area contributed by atoms with E-state index in [1.807, 2.05) is 13.0 Å². The SMILES string of the molecule is Cc1cccc(C(=O)N/N=C\c2ccccc2OCC(=O)O)c1. The Bertz CT molecular complexity index is 741. The third kappa shape index (κ3) is 4.96. The van der Waals surface area contributed by atoms with Crippen molar-refractivity contribution in [2.45, 2.75) is 6.92 Å². The van der Waals surface area contributed by atoms with Crippen LogP contribution in [-0.2, 0) is 4.79 Å². The topological polar surface area (TPSA) is 88.0 Å². The van der Waals surface area contributed by atoms with Gasteiger partial charge in [-0.1, -0.05) is 29.8 Å². The average Bonchev–Trinajstić information content (AvgIpc) is 2.53. The maximum atomic E-state index is 12.0. The van der Waals surface area contributed by atoms with E-state index in [2.05, 4.69) is 10.5 Å². The highest BCUT2D eigenvalue weighted by molar-refractivity contribution is 5.95. The van der Waals surface area contributed by atoms with Crippen LogP contribution in [0.15, 0.2) is 53.6 Å². The fourth-order valence-electron chi connectivity index (χ4n) is 1.87. The third-order valence-electron chi connectivity index (χ3n) is 2.92. The van der Waals surface area contributed by atoms with E-state index >= 15 is 0 Å². The first-order chi connectivity index (χ1) is 11.1. The minimum absolute atomic E-state index is 0.325. The molecule has 2 N–H and O–H groups in total. The van der Waals surface area contributed by atoms with Gasteiger partial charge in [0.1, 0.15) is 5.75 Å². The average molecular weight is 312 g/mol. The Hall–Kier alpha value is -3.15. The summed E-state index contributed by atoms with van der Waals surface area (Å²) in [7, 11) is 0. The van der Waals surface area contributed by atoms with Gasteiger partial charge in [-0.2, -0.15) is 5.10 Å². The number of aryl methyl sites for hydroxylation is 1. The molecule has 0 fully saturated rings. The summed E-state index contributed by atoms with van der Waals surface area (Å²) in [4.78, 5) is 22.5. The number of carboxylic acid groups (broad SMARTS) is 1. The molecule has 0 aliphatic carbocycles. The molecule has 0 aliphatic rings. The number of hydrazone groups is 1. The number of carboxylic acids is 1. The minimum Gasteiger partial charge on any atom is -0.481 e. The van der Waals surface area contributed by atoms with Crippen LogP contribution in [0.3, 0.4) is 0 Å². The molecule has 0 saturated heterocycles. The van der Waals surface area contributed by atoms with Crippen LogP contribution >= 0.6 is 0 Å². The number of hydrogen-bond acceptors (Lipinski definition) is 4. The zero-order chi connectivity index (χ0) is 16.7. The standard InChI is InChI=1S/C17H16N2O4/c1-12-5-4-7-13(9-12)17(22)19-18-10-14-6-2-3-8-15(14)23-11-16(20)21/h2-10H,11H2,1H3,(H,19,22)(H,20,21)/b18-10-. The molecule has 0 atom stereocenters. The maximum Gasteiger partial charge on any atom is 0.341 e. The molecule has 2 aromatic carbocycles. The number of carbonyl (C=O) groups excluding carboxylic acids is 1. The summed E-state index contributed by atoms with van der Waals surface area (Å²) in [6, 6.07) is 14.0. The van der Waals surface area contributed by atoms with Gasteiger partial charge in [0, 0.05) is 11.1 Å². The van der Waals surface area contributed by atoms with Crippen molar-refractivity contribution in [1.82, 2.24) is 5.43 Å². The number of benzene rings is 2. The fourth-order valence-corrected chi connectivity index (χ4v) is 1.87. The molecule has 23 heavy (non-hydrogen) atoms. The summed E-state index contributed by atoms with van der Waals surface area (Å²) in [6.07, 6.45) is 1.41. The highest BCUT2D eigenvalue weighted by Crippen LogP contribution is 2.15. The Morgan fingerprint density at radius 2 is 2.00 bits per heavy atom. The van der Waals surface area contributed by atoms with Crippen LogP contribution in [0, 0.1) is 6.92 Å². The molecule has 118 valence electrons. The molecule has 0 heterocycles. The quantitative estimate of drug-likeness (QED) is 0.632.